The molecule has 0 bridgehead atoms. The van der Waals surface area contributed by atoms with Crippen LogP contribution in [-0.2, 0) is 12.0 Å². The van der Waals surface area contributed by atoms with Crippen molar-refractivity contribution in [2.45, 2.75) is 45.8 Å². The van der Waals surface area contributed by atoms with Gasteiger partial charge in [-0.1, -0.05) is 32.9 Å². The normalized spacial score (nSPS) is 13.2. The van der Waals surface area contributed by atoms with Gasteiger partial charge >= 0.3 is 0 Å². The van der Waals surface area contributed by atoms with Gasteiger partial charge in [-0.2, -0.15) is 0 Å². The summed E-state index contributed by atoms with van der Waals surface area (Å²) in [5, 5.41) is 6.38. The molecule has 0 aliphatic carbocycles. The van der Waals surface area contributed by atoms with Gasteiger partial charge in [0.1, 0.15) is 17.4 Å². The Kier molecular flexibility index (Phi) is 5.01. The third kappa shape index (κ3) is 4.29. The maximum Gasteiger partial charge on any atom is 0.140 e. The molecule has 0 amide bonds. The average molecular weight is 304 g/mol. The molecular formula is C17H24N2OS. The van der Waals surface area contributed by atoms with Crippen LogP contribution >= 0.6 is 11.3 Å². The average Bonchev–Trinajstić information content (AvgIpc) is 2.93. The molecule has 1 aromatic heterocycles. The van der Waals surface area contributed by atoms with Crippen molar-refractivity contribution < 1.29 is 4.74 Å². The van der Waals surface area contributed by atoms with E-state index in [1.54, 1.807) is 11.3 Å². The molecule has 0 fully saturated rings. The summed E-state index contributed by atoms with van der Waals surface area (Å²) >= 11 is 1.66. The molecule has 1 N–H and O–H groups in total. The Bertz CT molecular complexity index is 586. The smallest absolute Gasteiger partial charge is 0.140 e. The first-order chi connectivity index (χ1) is 9.90. The molecule has 0 saturated heterocycles. The van der Waals surface area contributed by atoms with E-state index in [1.807, 2.05) is 19.2 Å². The van der Waals surface area contributed by atoms with Gasteiger partial charge in [0.15, 0.2) is 0 Å². The molecule has 0 aliphatic heterocycles. The third-order valence-electron chi connectivity index (χ3n) is 3.47. The van der Waals surface area contributed by atoms with E-state index in [1.165, 1.54) is 5.56 Å². The molecule has 1 heterocycles. The minimum atomic E-state index is 0.0941. The number of thiazole rings is 1. The van der Waals surface area contributed by atoms with Gasteiger partial charge in [0.25, 0.3) is 0 Å². The SMILES string of the molecule is CNC(C)c1cccc(OCc2nc(C(C)(C)C)cs2)c1. The van der Waals surface area contributed by atoms with Crippen LogP contribution in [0.1, 0.15) is 50.0 Å². The number of hydrogen-bond donors (Lipinski definition) is 1. The topological polar surface area (TPSA) is 34.1 Å². The third-order valence-corrected chi connectivity index (χ3v) is 4.30. The number of nitrogens with one attached hydrogen (secondary N) is 1. The second kappa shape index (κ2) is 6.58. The summed E-state index contributed by atoms with van der Waals surface area (Å²) in [7, 11) is 1.96. The van der Waals surface area contributed by atoms with Crippen molar-refractivity contribution in [3.05, 3.63) is 45.9 Å². The van der Waals surface area contributed by atoms with E-state index in [4.69, 9.17) is 4.74 Å². The van der Waals surface area contributed by atoms with Crippen LogP contribution in [0.2, 0.25) is 0 Å². The summed E-state index contributed by atoms with van der Waals surface area (Å²) < 4.78 is 5.87. The molecule has 21 heavy (non-hydrogen) atoms. The highest BCUT2D eigenvalue weighted by molar-refractivity contribution is 7.09. The molecule has 0 aliphatic rings. The second-order valence-corrected chi connectivity index (χ2v) is 7.19. The van der Waals surface area contributed by atoms with Crippen molar-refractivity contribution in [3.8, 4) is 5.75 Å². The van der Waals surface area contributed by atoms with Crippen LogP contribution in [0, 0.1) is 0 Å². The molecule has 4 heteroatoms. The summed E-state index contributed by atoms with van der Waals surface area (Å²) in [5.41, 5.74) is 2.45. The summed E-state index contributed by atoms with van der Waals surface area (Å²) in [6, 6.07) is 8.53. The first-order valence-electron chi connectivity index (χ1n) is 7.25. The van der Waals surface area contributed by atoms with Crippen LogP contribution in [0.4, 0.5) is 0 Å². The predicted octanol–water partition coefficient (Wildman–Crippen LogP) is 4.30. The largest absolute Gasteiger partial charge is 0.486 e. The summed E-state index contributed by atoms with van der Waals surface area (Å²) in [6.45, 7) is 9.19. The minimum absolute atomic E-state index is 0.0941. The monoisotopic (exact) mass is 304 g/mol. The van der Waals surface area contributed by atoms with E-state index < -0.39 is 0 Å². The summed E-state index contributed by atoms with van der Waals surface area (Å²) in [4.78, 5) is 4.65. The zero-order valence-corrected chi connectivity index (χ0v) is 14.3. The molecule has 114 valence electrons. The highest BCUT2D eigenvalue weighted by Crippen LogP contribution is 2.25. The standard InChI is InChI=1S/C17H24N2OS/c1-12(18-5)13-7-6-8-14(9-13)20-10-16-19-15(11-21-16)17(2,3)4/h6-9,11-12,18H,10H2,1-5H3. The lowest BCUT2D eigenvalue weighted by Gasteiger charge is -2.14. The summed E-state index contributed by atoms with van der Waals surface area (Å²) in [6.07, 6.45) is 0. The van der Waals surface area contributed by atoms with Crippen LogP contribution in [0.3, 0.4) is 0 Å². The van der Waals surface area contributed by atoms with Gasteiger partial charge in [0.05, 0.1) is 5.69 Å². The first-order valence-corrected chi connectivity index (χ1v) is 8.13. The van der Waals surface area contributed by atoms with Crippen molar-refractivity contribution in [2.75, 3.05) is 7.05 Å². The van der Waals surface area contributed by atoms with Crippen LogP contribution in [0.15, 0.2) is 29.6 Å². The molecule has 3 nitrogen and oxygen atoms in total. The lowest BCUT2D eigenvalue weighted by molar-refractivity contribution is 0.304. The van der Waals surface area contributed by atoms with Crippen LogP contribution in [0.25, 0.3) is 0 Å². The molecule has 1 aromatic carbocycles. The van der Waals surface area contributed by atoms with E-state index in [0.29, 0.717) is 12.6 Å². The van der Waals surface area contributed by atoms with Gasteiger partial charge in [0, 0.05) is 16.8 Å². The van der Waals surface area contributed by atoms with Gasteiger partial charge in [-0.25, -0.2) is 4.98 Å². The Balaban J connectivity index is 2.01. The fourth-order valence-corrected chi connectivity index (χ4v) is 2.84. The molecule has 1 atom stereocenters. The van der Waals surface area contributed by atoms with Crippen LogP contribution in [0.5, 0.6) is 5.75 Å². The zero-order chi connectivity index (χ0) is 15.5. The van der Waals surface area contributed by atoms with Crippen molar-refractivity contribution in [3.63, 3.8) is 0 Å². The molecule has 0 saturated carbocycles. The van der Waals surface area contributed by atoms with Crippen LogP contribution < -0.4 is 10.1 Å². The Morgan fingerprint density at radius 2 is 2.10 bits per heavy atom. The first kappa shape index (κ1) is 16.0. The lowest BCUT2D eigenvalue weighted by Crippen LogP contribution is -2.12. The van der Waals surface area contributed by atoms with Gasteiger partial charge in [-0.15, -0.1) is 11.3 Å². The van der Waals surface area contributed by atoms with Crippen molar-refractivity contribution in [1.29, 1.82) is 0 Å². The number of aromatic nitrogens is 1. The van der Waals surface area contributed by atoms with Gasteiger partial charge in [0.2, 0.25) is 0 Å². The van der Waals surface area contributed by atoms with Gasteiger partial charge < -0.3 is 10.1 Å². The van der Waals surface area contributed by atoms with E-state index in [0.717, 1.165) is 16.5 Å². The fourth-order valence-electron chi connectivity index (χ4n) is 1.91. The summed E-state index contributed by atoms with van der Waals surface area (Å²) in [5.74, 6) is 0.891. The zero-order valence-electron chi connectivity index (χ0n) is 13.4. The Hall–Kier alpha value is -1.39. The van der Waals surface area contributed by atoms with Gasteiger partial charge in [-0.05, 0) is 31.7 Å². The highest BCUT2D eigenvalue weighted by atomic mass is 32.1. The Morgan fingerprint density at radius 3 is 2.71 bits per heavy atom. The van der Waals surface area contributed by atoms with E-state index in [2.05, 4.69) is 55.5 Å². The van der Waals surface area contributed by atoms with Crippen molar-refractivity contribution in [1.82, 2.24) is 10.3 Å². The molecular weight excluding hydrogens is 280 g/mol. The number of benzene rings is 1. The number of ether oxygens (including phenoxy) is 1. The quantitative estimate of drug-likeness (QED) is 0.894. The van der Waals surface area contributed by atoms with Crippen LogP contribution in [-0.4, -0.2) is 12.0 Å². The molecule has 1 unspecified atom stereocenters. The second-order valence-electron chi connectivity index (χ2n) is 6.25. The van der Waals surface area contributed by atoms with Crippen molar-refractivity contribution >= 4 is 11.3 Å². The molecule has 2 aromatic rings. The number of nitrogens with zero attached hydrogens (tertiary/aromatic N) is 1. The predicted molar refractivity (Wildman–Crippen MR) is 89.1 cm³/mol. The number of hydrogen-bond acceptors (Lipinski definition) is 4. The van der Waals surface area contributed by atoms with Gasteiger partial charge in [-0.3, -0.25) is 0 Å². The lowest BCUT2D eigenvalue weighted by atomic mass is 9.93. The van der Waals surface area contributed by atoms with E-state index in [-0.39, 0.29) is 5.41 Å². The molecule has 2 rings (SSSR count). The number of rotatable bonds is 5. The highest BCUT2D eigenvalue weighted by Gasteiger charge is 2.17. The fraction of sp³-hybridized carbons (Fsp3) is 0.471. The maximum absolute atomic E-state index is 5.87. The Labute approximate surface area is 131 Å². The van der Waals surface area contributed by atoms with E-state index >= 15 is 0 Å². The molecule has 0 spiro atoms. The Morgan fingerprint density at radius 1 is 1.33 bits per heavy atom. The van der Waals surface area contributed by atoms with E-state index in [9.17, 15) is 0 Å². The minimum Gasteiger partial charge on any atom is -0.486 e. The van der Waals surface area contributed by atoms with Crippen molar-refractivity contribution in [2.24, 2.45) is 0 Å². The molecule has 0 radical (unpaired) electrons. The maximum atomic E-state index is 5.87.